The molecule has 34 heavy (non-hydrogen) atoms. The van der Waals surface area contributed by atoms with E-state index in [1.54, 1.807) is 12.1 Å². The van der Waals surface area contributed by atoms with Gasteiger partial charge in [0.05, 0.1) is 18.5 Å². The van der Waals surface area contributed by atoms with Crippen molar-refractivity contribution in [2.24, 2.45) is 11.8 Å². The standard InChI is InChI=1S/C26H30F3N3O2/c1-16(2)17-7-9-18(10-8-17)23(31-24(33)19-11-12-19)21-5-3-4-6-22(21)30-25(34)20-13-32(14-20)15-26(27,28)29/h3-10,16,19-20,23H,11-15H2,1-2H3,(H,30,34)(H,31,33)/t23-/m1/s1. The molecule has 1 saturated heterocycles. The number of alkyl halides is 3. The fourth-order valence-electron chi connectivity index (χ4n) is 4.24. The maximum absolute atomic E-state index is 12.8. The summed E-state index contributed by atoms with van der Waals surface area (Å²) in [5, 5.41) is 6.04. The second-order valence-corrected chi connectivity index (χ2v) is 9.62. The Kier molecular flexibility index (Phi) is 6.98. The molecule has 0 aromatic heterocycles. The Balaban J connectivity index is 1.53. The van der Waals surface area contributed by atoms with Gasteiger partial charge in [0, 0.05) is 30.3 Å². The molecule has 1 aliphatic carbocycles. The number of nitrogens with one attached hydrogen (secondary N) is 2. The van der Waals surface area contributed by atoms with Crippen LogP contribution in [0.1, 0.15) is 55.3 Å². The molecule has 2 amide bonds. The minimum Gasteiger partial charge on any atom is -0.345 e. The van der Waals surface area contributed by atoms with Crippen LogP contribution in [0, 0.1) is 11.8 Å². The normalized spacial score (nSPS) is 17.8. The summed E-state index contributed by atoms with van der Waals surface area (Å²) in [6, 6.07) is 14.9. The van der Waals surface area contributed by atoms with Crippen LogP contribution in [-0.2, 0) is 9.59 Å². The van der Waals surface area contributed by atoms with E-state index in [2.05, 4.69) is 24.5 Å². The molecule has 1 atom stereocenters. The third-order valence-corrected chi connectivity index (χ3v) is 6.43. The molecule has 1 saturated carbocycles. The van der Waals surface area contributed by atoms with Crippen molar-refractivity contribution in [2.75, 3.05) is 25.0 Å². The highest BCUT2D eigenvalue weighted by Crippen LogP contribution is 2.34. The predicted octanol–water partition coefficient (Wildman–Crippen LogP) is 4.86. The zero-order valence-electron chi connectivity index (χ0n) is 19.4. The van der Waals surface area contributed by atoms with Gasteiger partial charge in [0.15, 0.2) is 0 Å². The smallest absolute Gasteiger partial charge is 0.345 e. The fourth-order valence-corrected chi connectivity index (χ4v) is 4.24. The molecule has 2 aromatic rings. The van der Waals surface area contributed by atoms with E-state index in [0.29, 0.717) is 11.6 Å². The van der Waals surface area contributed by atoms with Gasteiger partial charge >= 0.3 is 6.18 Å². The number of anilines is 1. The van der Waals surface area contributed by atoms with Crippen molar-refractivity contribution in [3.63, 3.8) is 0 Å². The van der Waals surface area contributed by atoms with Gasteiger partial charge < -0.3 is 10.6 Å². The number of para-hydroxylation sites is 1. The maximum atomic E-state index is 12.8. The van der Waals surface area contributed by atoms with Gasteiger partial charge in [-0.3, -0.25) is 14.5 Å². The van der Waals surface area contributed by atoms with Gasteiger partial charge in [-0.05, 0) is 36.0 Å². The molecule has 2 N–H and O–H groups in total. The molecular weight excluding hydrogens is 443 g/mol. The molecule has 2 fully saturated rings. The van der Waals surface area contributed by atoms with Gasteiger partial charge in [-0.15, -0.1) is 0 Å². The molecule has 0 unspecified atom stereocenters. The zero-order chi connectivity index (χ0) is 24.5. The van der Waals surface area contributed by atoms with Gasteiger partial charge in [-0.2, -0.15) is 13.2 Å². The molecule has 0 radical (unpaired) electrons. The Morgan fingerprint density at radius 3 is 2.15 bits per heavy atom. The molecule has 2 aliphatic rings. The van der Waals surface area contributed by atoms with Crippen molar-refractivity contribution in [3.05, 3.63) is 65.2 Å². The minimum absolute atomic E-state index is 0.0131. The lowest BCUT2D eigenvalue weighted by molar-refractivity contribution is -0.162. The molecule has 5 nitrogen and oxygen atoms in total. The van der Waals surface area contributed by atoms with Crippen LogP contribution in [0.25, 0.3) is 0 Å². The molecule has 4 rings (SSSR count). The van der Waals surface area contributed by atoms with Crippen molar-refractivity contribution in [1.82, 2.24) is 10.2 Å². The van der Waals surface area contributed by atoms with Gasteiger partial charge in [-0.25, -0.2) is 0 Å². The zero-order valence-corrected chi connectivity index (χ0v) is 19.4. The van der Waals surface area contributed by atoms with E-state index in [1.165, 1.54) is 10.5 Å². The van der Waals surface area contributed by atoms with Crippen molar-refractivity contribution >= 4 is 17.5 Å². The number of likely N-dealkylation sites (tertiary alicyclic amines) is 1. The van der Waals surface area contributed by atoms with Gasteiger partial charge in [-0.1, -0.05) is 56.3 Å². The van der Waals surface area contributed by atoms with Crippen LogP contribution in [0.3, 0.4) is 0 Å². The first kappa shape index (κ1) is 24.3. The summed E-state index contributed by atoms with van der Waals surface area (Å²) in [4.78, 5) is 26.7. The minimum atomic E-state index is -4.27. The summed E-state index contributed by atoms with van der Waals surface area (Å²) >= 11 is 0. The number of halogens is 3. The van der Waals surface area contributed by atoms with E-state index in [4.69, 9.17) is 0 Å². The van der Waals surface area contributed by atoms with E-state index < -0.39 is 24.7 Å². The topological polar surface area (TPSA) is 61.4 Å². The molecular formula is C26H30F3N3O2. The first-order chi connectivity index (χ1) is 16.1. The van der Waals surface area contributed by atoms with Crippen LogP contribution in [0.5, 0.6) is 0 Å². The number of hydrogen-bond acceptors (Lipinski definition) is 3. The summed E-state index contributed by atoms with van der Waals surface area (Å²) in [6.07, 6.45) is -2.52. The number of rotatable bonds is 8. The SMILES string of the molecule is CC(C)c1ccc([C@@H](NC(=O)C2CC2)c2ccccc2NC(=O)C2CN(CC(F)(F)F)C2)cc1. The van der Waals surface area contributed by atoms with E-state index in [0.717, 1.165) is 24.0 Å². The molecule has 0 bridgehead atoms. The van der Waals surface area contributed by atoms with Crippen LogP contribution in [-0.4, -0.2) is 42.5 Å². The third kappa shape index (κ3) is 5.97. The summed E-state index contributed by atoms with van der Waals surface area (Å²) < 4.78 is 37.7. The highest BCUT2D eigenvalue weighted by molar-refractivity contribution is 5.94. The van der Waals surface area contributed by atoms with Crippen LogP contribution >= 0.6 is 0 Å². The molecule has 8 heteroatoms. The van der Waals surface area contributed by atoms with Gasteiger partial charge in [0.1, 0.15) is 0 Å². The number of carbonyl (C=O) groups excluding carboxylic acids is 2. The summed E-state index contributed by atoms with van der Waals surface area (Å²) in [5.41, 5.74) is 3.38. The number of hydrogen-bond donors (Lipinski definition) is 2. The number of carbonyl (C=O) groups is 2. The number of benzene rings is 2. The molecule has 182 valence electrons. The third-order valence-electron chi connectivity index (χ3n) is 6.43. The number of amides is 2. The lowest BCUT2D eigenvalue weighted by atomic mass is 9.93. The van der Waals surface area contributed by atoms with Crippen LogP contribution in [0.15, 0.2) is 48.5 Å². The van der Waals surface area contributed by atoms with Crippen molar-refractivity contribution in [2.45, 2.75) is 44.8 Å². The lowest BCUT2D eigenvalue weighted by Gasteiger charge is -2.38. The van der Waals surface area contributed by atoms with Gasteiger partial charge in [0.25, 0.3) is 0 Å². The summed E-state index contributed by atoms with van der Waals surface area (Å²) in [5.74, 6) is -0.428. The average Bonchev–Trinajstić information content (AvgIpc) is 3.60. The lowest BCUT2D eigenvalue weighted by Crippen LogP contribution is -2.54. The summed E-state index contributed by atoms with van der Waals surface area (Å²) in [6.45, 7) is 3.37. The monoisotopic (exact) mass is 473 g/mol. The molecule has 2 aromatic carbocycles. The van der Waals surface area contributed by atoms with E-state index in [9.17, 15) is 22.8 Å². The van der Waals surface area contributed by atoms with Crippen molar-refractivity contribution in [3.8, 4) is 0 Å². The van der Waals surface area contributed by atoms with E-state index in [-0.39, 0.29) is 30.8 Å². The second-order valence-electron chi connectivity index (χ2n) is 9.62. The molecule has 0 spiro atoms. The fraction of sp³-hybridized carbons (Fsp3) is 0.462. The average molecular weight is 474 g/mol. The van der Waals surface area contributed by atoms with Gasteiger partial charge in [0.2, 0.25) is 11.8 Å². The Hall–Kier alpha value is -2.87. The Morgan fingerprint density at radius 1 is 0.941 bits per heavy atom. The quantitative estimate of drug-likeness (QED) is 0.576. The second kappa shape index (κ2) is 9.78. The Labute approximate surface area is 197 Å². The summed E-state index contributed by atoms with van der Waals surface area (Å²) in [7, 11) is 0. The van der Waals surface area contributed by atoms with E-state index >= 15 is 0 Å². The Bertz CT molecular complexity index is 1030. The first-order valence-corrected chi connectivity index (χ1v) is 11.7. The van der Waals surface area contributed by atoms with Crippen molar-refractivity contribution in [1.29, 1.82) is 0 Å². The highest BCUT2D eigenvalue weighted by Gasteiger charge is 2.40. The predicted molar refractivity (Wildman–Crippen MR) is 124 cm³/mol. The molecule has 1 heterocycles. The largest absolute Gasteiger partial charge is 0.401 e. The Morgan fingerprint density at radius 2 is 1.56 bits per heavy atom. The highest BCUT2D eigenvalue weighted by atomic mass is 19.4. The first-order valence-electron chi connectivity index (χ1n) is 11.7. The number of nitrogens with zero attached hydrogens (tertiary/aromatic N) is 1. The maximum Gasteiger partial charge on any atom is 0.401 e. The van der Waals surface area contributed by atoms with E-state index in [1.807, 2.05) is 36.4 Å². The van der Waals surface area contributed by atoms with Crippen molar-refractivity contribution < 1.29 is 22.8 Å². The van der Waals surface area contributed by atoms with Crippen LogP contribution < -0.4 is 10.6 Å². The van der Waals surface area contributed by atoms with Crippen LogP contribution in [0.2, 0.25) is 0 Å². The van der Waals surface area contributed by atoms with Crippen LogP contribution in [0.4, 0.5) is 18.9 Å². The molecule has 1 aliphatic heterocycles.